The van der Waals surface area contributed by atoms with Crippen LogP contribution in [-0.4, -0.2) is 17.0 Å². The highest BCUT2D eigenvalue weighted by Crippen LogP contribution is 2.28. The second kappa shape index (κ2) is 6.07. The Morgan fingerprint density at radius 1 is 1.20 bits per heavy atom. The Labute approximate surface area is 136 Å². The number of benzene rings is 1. The first kappa shape index (κ1) is 15.2. The van der Waals surface area contributed by atoms with E-state index in [9.17, 15) is 9.59 Å². The highest BCUT2D eigenvalue weighted by Gasteiger charge is 2.18. The molecule has 7 heteroatoms. The monoisotopic (exact) mass is 417 g/mol. The molecule has 0 aliphatic carbocycles. The molecule has 0 spiro atoms. The molecule has 0 saturated heterocycles. The summed E-state index contributed by atoms with van der Waals surface area (Å²) in [6, 6.07) is 5.15. The molecule has 20 heavy (non-hydrogen) atoms. The van der Waals surface area contributed by atoms with Gasteiger partial charge in [-0.1, -0.05) is 31.9 Å². The van der Waals surface area contributed by atoms with Crippen molar-refractivity contribution in [3.8, 4) is 0 Å². The number of hydrogen-bond donors (Lipinski definition) is 2. The summed E-state index contributed by atoms with van der Waals surface area (Å²) in [7, 11) is 0. The molecule has 1 amide bonds. The van der Waals surface area contributed by atoms with Crippen LogP contribution < -0.4 is 5.32 Å². The zero-order valence-electron chi connectivity index (χ0n) is 10.2. The van der Waals surface area contributed by atoms with Crippen molar-refractivity contribution in [3.63, 3.8) is 0 Å². The van der Waals surface area contributed by atoms with Crippen molar-refractivity contribution in [2.75, 3.05) is 5.32 Å². The molecule has 1 heterocycles. The van der Waals surface area contributed by atoms with E-state index in [1.807, 2.05) is 6.07 Å². The summed E-state index contributed by atoms with van der Waals surface area (Å²) < 4.78 is 1.52. The van der Waals surface area contributed by atoms with Crippen LogP contribution in [-0.2, 0) is 0 Å². The lowest BCUT2D eigenvalue weighted by Crippen LogP contribution is -2.14. The van der Waals surface area contributed by atoms with E-state index in [-0.39, 0.29) is 10.8 Å². The summed E-state index contributed by atoms with van der Waals surface area (Å²) in [5.41, 5.74) is 1.52. The Bertz CT molecular complexity index is 677. The van der Waals surface area contributed by atoms with Gasteiger partial charge in [-0.2, -0.15) is 0 Å². The molecule has 0 radical (unpaired) electrons. The predicted molar refractivity (Wildman–Crippen MR) is 85.8 cm³/mol. The Morgan fingerprint density at radius 2 is 1.80 bits per heavy atom. The van der Waals surface area contributed by atoms with E-state index in [0.717, 1.165) is 25.8 Å². The van der Waals surface area contributed by atoms with Gasteiger partial charge in [0.15, 0.2) is 0 Å². The summed E-state index contributed by atoms with van der Waals surface area (Å²) in [5, 5.41) is 13.5. The quantitative estimate of drug-likeness (QED) is 0.769. The lowest BCUT2D eigenvalue weighted by Gasteiger charge is -2.07. The first-order valence-electron chi connectivity index (χ1n) is 5.47. The van der Waals surface area contributed by atoms with E-state index in [0.29, 0.717) is 11.3 Å². The number of anilines is 1. The van der Waals surface area contributed by atoms with Crippen LogP contribution in [0.2, 0.25) is 0 Å². The zero-order valence-corrected chi connectivity index (χ0v) is 14.2. The summed E-state index contributed by atoms with van der Waals surface area (Å²) in [5.74, 6) is -1.40. The zero-order chi connectivity index (χ0) is 14.9. The number of carboxylic acid groups (broad SMARTS) is 1. The second-order valence-electron chi connectivity index (χ2n) is 4.04. The number of carboxylic acids is 1. The average Bonchev–Trinajstić information content (AvgIpc) is 2.70. The standard InChI is InChI=1S/C13H9Br2NO3S/c1-6-5-20-11(13(18)19)10(6)16-12(17)7-2-8(14)4-9(15)3-7/h2-5H,1H3,(H,16,17)(H,18,19). The maximum absolute atomic E-state index is 12.2. The van der Waals surface area contributed by atoms with Gasteiger partial charge in [-0.25, -0.2) is 4.79 Å². The summed E-state index contributed by atoms with van der Waals surface area (Å²) >= 11 is 7.71. The fourth-order valence-corrected chi connectivity index (χ4v) is 3.76. The summed E-state index contributed by atoms with van der Waals surface area (Å²) in [4.78, 5) is 23.4. The fourth-order valence-electron chi connectivity index (χ4n) is 1.63. The number of hydrogen-bond acceptors (Lipinski definition) is 3. The predicted octanol–water partition coefficient (Wildman–Crippen LogP) is 4.53. The summed E-state index contributed by atoms with van der Waals surface area (Å²) in [6.45, 7) is 1.76. The van der Waals surface area contributed by atoms with Crippen molar-refractivity contribution >= 4 is 60.8 Å². The van der Waals surface area contributed by atoms with Crippen LogP contribution >= 0.6 is 43.2 Å². The summed E-state index contributed by atoms with van der Waals surface area (Å²) in [6.07, 6.45) is 0. The molecule has 0 aliphatic heterocycles. The fraction of sp³-hybridized carbons (Fsp3) is 0.0769. The Hall–Kier alpha value is -1.18. The van der Waals surface area contributed by atoms with E-state index in [4.69, 9.17) is 5.11 Å². The number of carbonyl (C=O) groups is 2. The topological polar surface area (TPSA) is 66.4 Å². The van der Waals surface area contributed by atoms with Crippen LogP contribution in [0.4, 0.5) is 5.69 Å². The van der Waals surface area contributed by atoms with Crippen LogP contribution in [0, 0.1) is 6.92 Å². The van der Waals surface area contributed by atoms with E-state index in [1.54, 1.807) is 24.4 Å². The number of rotatable bonds is 3. The second-order valence-corrected chi connectivity index (χ2v) is 6.75. The molecule has 0 aliphatic rings. The van der Waals surface area contributed by atoms with E-state index in [1.165, 1.54) is 0 Å². The van der Waals surface area contributed by atoms with Crippen molar-refractivity contribution in [2.24, 2.45) is 0 Å². The minimum Gasteiger partial charge on any atom is -0.477 e. The molecule has 2 N–H and O–H groups in total. The molecule has 0 bridgehead atoms. The molecule has 0 fully saturated rings. The molecule has 4 nitrogen and oxygen atoms in total. The number of amides is 1. The molecular weight excluding hydrogens is 410 g/mol. The van der Waals surface area contributed by atoms with Crippen LogP contribution in [0.3, 0.4) is 0 Å². The third-order valence-corrected chi connectivity index (χ3v) is 4.53. The van der Waals surface area contributed by atoms with Gasteiger partial charge in [-0.15, -0.1) is 11.3 Å². The Balaban J connectivity index is 2.32. The minimum absolute atomic E-state index is 0.130. The van der Waals surface area contributed by atoms with Crippen molar-refractivity contribution in [2.45, 2.75) is 6.92 Å². The van der Waals surface area contributed by atoms with E-state index in [2.05, 4.69) is 37.2 Å². The molecule has 2 aromatic rings. The van der Waals surface area contributed by atoms with Gasteiger partial charge in [0.25, 0.3) is 5.91 Å². The average molecular weight is 419 g/mol. The highest BCUT2D eigenvalue weighted by molar-refractivity contribution is 9.11. The largest absolute Gasteiger partial charge is 0.477 e. The van der Waals surface area contributed by atoms with Crippen LogP contribution in [0.15, 0.2) is 32.5 Å². The Morgan fingerprint density at radius 3 is 2.35 bits per heavy atom. The molecule has 1 aromatic heterocycles. The van der Waals surface area contributed by atoms with Crippen LogP contribution in [0.5, 0.6) is 0 Å². The molecule has 0 atom stereocenters. The van der Waals surface area contributed by atoms with Gasteiger partial charge in [0.2, 0.25) is 0 Å². The van der Waals surface area contributed by atoms with Gasteiger partial charge >= 0.3 is 5.97 Å². The van der Waals surface area contributed by atoms with Crippen molar-refractivity contribution in [3.05, 3.63) is 48.5 Å². The van der Waals surface area contributed by atoms with Crippen LogP contribution in [0.25, 0.3) is 0 Å². The minimum atomic E-state index is -1.05. The number of aromatic carboxylic acids is 1. The van der Waals surface area contributed by atoms with Gasteiger partial charge in [0.1, 0.15) is 4.88 Å². The van der Waals surface area contributed by atoms with E-state index < -0.39 is 5.97 Å². The Kier molecular flexibility index (Phi) is 4.62. The lowest BCUT2D eigenvalue weighted by atomic mass is 10.2. The van der Waals surface area contributed by atoms with Gasteiger partial charge in [-0.05, 0) is 36.1 Å². The van der Waals surface area contributed by atoms with Gasteiger partial charge in [-0.3, -0.25) is 4.79 Å². The third kappa shape index (κ3) is 3.28. The normalized spacial score (nSPS) is 10.3. The molecular formula is C13H9Br2NO3S. The molecule has 0 unspecified atom stereocenters. The highest BCUT2D eigenvalue weighted by atomic mass is 79.9. The van der Waals surface area contributed by atoms with Crippen molar-refractivity contribution in [1.82, 2.24) is 0 Å². The smallest absolute Gasteiger partial charge is 0.348 e. The van der Waals surface area contributed by atoms with Crippen LogP contribution in [0.1, 0.15) is 25.6 Å². The molecule has 104 valence electrons. The van der Waals surface area contributed by atoms with Crippen molar-refractivity contribution < 1.29 is 14.7 Å². The third-order valence-electron chi connectivity index (χ3n) is 2.53. The molecule has 0 saturated carbocycles. The SMILES string of the molecule is Cc1csc(C(=O)O)c1NC(=O)c1cc(Br)cc(Br)c1. The van der Waals surface area contributed by atoms with Gasteiger partial charge < -0.3 is 10.4 Å². The number of carbonyl (C=O) groups excluding carboxylic acids is 1. The number of thiophene rings is 1. The number of aryl methyl sites for hydroxylation is 1. The van der Waals surface area contributed by atoms with E-state index >= 15 is 0 Å². The molecule has 1 aromatic carbocycles. The van der Waals surface area contributed by atoms with Gasteiger partial charge in [0.05, 0.1) is 5.69 Å². The first-order valence-corrected chi connectivity index (χ1v) is 7.94. The molecule has 2 rings (SSSR count). The number of halogens is 2. The lowest BCUT2D eigenvalue weighted by molar-refractivity contribution is 0.0703. The van der Waals surface area contributed by atoms with Gasteiger partial charge in [0, 0.05) is 14.5 Å². The van der Waals surface area contributed by atoms with Crippen molar-refractivity contribution in [1.29, 1.82) is 0 Å². The maximum Gasteiger partial charge on any atom is 0.348 e. The maximum atomic E-state index is 12.2. The first-order chi connectivity index (χ1) is 9.38. The number of nitrogens with one attached hydrogen (secondary N) is 1.